The molecule has 3 nitrogen and oxygen atoms in total. The highest BCUT2D eigenvalue weighted by Gasteiger charge is 2.31. The number of hydrogen-bond donors (Lipinski definition) is 1. The first kappa shape index (κ1) is 11.4. The average molecular weight is 212 g/mol. The Bertz CT molecular complexity index is 180. The molecule has 2 aliphatic heterocycles. The first-order chi connectivity index (χ1) is 7.42. The molecule has 0 aromatic heterocycles. The van der Waals surface area contributed by atoms with Crippen molar-refractivity contribution in [2.45, 2.75) is 44.7 Å². The monoisotopic (exact) mass is 212 g/mol. The first-order valence-electron chi connectivity index (χ1n) is 6.46. The zero-order valence-electron chi connectivity index (χ0n) is 9.87. The van der Waals surface area contributed by atoms with Crippen LogP contribution in [0.1, 0.15) is 32.6 Å². The van der Waals surface area contributed by atoms with Crippen LogP contribution in [0.2, 0.25) is 0 Å². The maximum absolute atomic E-state index is 5.58. The summed E-state index contributed by atoms with van der Waals surface area (Å²) >= 11 is 0. The molecule has 15 heavy (non-hydrogen) atoms. The Morgan fingerprint density at radius 1 is 1.27 bits per heavy atom. The van der Waals surface area contributed by atoms with E-state index in [-0.39, 0.29) is 0 Å². The molecule has 88 valence electrons. The predicted octanol–water partition coefficient (Wildman–Crippen LogP) is 1.24. The van der Waals surface area contributed by atoms with E-state index in [1.807, 2.05) is 0 Å². The Kier molecular flexibility index (Phi) is 4.42. The zero-order chi connectivity index (χ0) is 10.5. The molecule has 1 atom stereocenters. The predicted molar refractivity (Wildman–Crippen MR) is 62.1 cm³/mol. The summed E-state index contributed by atoms with van der Waals surface area (Å²) < 4.78 is 5.58. The van der Waals surface area contributed by atoms with Crippen molar-refractivity contribution in [3.8, 4) is 0 Å². The van der Waals surface area contributed by atoms with Crippen molar-refractivity contribution in [1.29, 1.82) is 0 Å². The summed E-state index contributed by atoms with van der Waals surface area (Å²) in [4.78, 5) is 2.70. The third kappa shape index (κ3) is 2.92. The van der Waals surface area contributed by atoms with Crippen LogP contribution >= 0.6 is 0 Å². The van der Waals surface area contributed by atoms with E-state index in [1.165, 1.54) is 45.3 Å². The van der Waals surface area contributed by atoms with Crippen LogP contribution in [0, 0.1) is 0 Å². The van der Waals surface area contributed by atoms with Crippen LogP contribution in [-0.2, 0) is 4.74 Å². The van der Waals surface area contributed by atoms with Crippen molar-refractivity contribution in [1.82, 2.24) is 10.2 Å². The molecule has 1 N–H and O–H groups in total. The lowest BCUT2D eigenvalue weighted by molar-refractivity contribution is 0.0578. The van der Waals surface area contributed by atoms with Crippen molar-refractivity contribution < 1.29 is 4.74 Å². The zero-order valence-corrected chi connectivity index (χ0v) is 9.87. The van der Waals surface area contributed by atoms with Crippen LogP contribution in [-0.4, -0.2) is 49.8 Å². The second-order valence-electron chi connectivity index (χ2n) is 4.67. The van der Waals surface area contributed by atoms with Crippen molar-refractivity contribution in [3.63, 3.8) is 0 Å². The molecule has 0 spiro atoms. The van der Waals surface area contributed by atoms with E-state index >= 15 is 0 Å². The highest BCUT2D eigenvalue weighted by atomic mass is 16.5. The molecule has 3 heteroatoms. The number of rotatable bonds is 4. The Hall–Kier alpha value is -0.120. The van der Waals surface area contributed by atoms with E-state index in [4.69, 9.17) is 4.74 Å². The van der Waals surface area contributed by atoms with E-state index in [0.29, 0.717) is 6.04 Å². The first-order valence-corrected chi connectivity index (χ1v) is 6.46. The van der Waals surface area contributed by atoms with E-state index in [1.54, 1.807) is 0 Å². The number of piperidine rings is 1. The fraction of sp³-hybridized carbons (Fsp3) is 1.00. The van der Waals surface area contributed by atoms with Gasteiger partial charge in [-0.25, -0.2) is 0 Å². The molecular formula is C12H24N2O. The molecule has 2 fully saturated rings. The third-order valence-corrected chi connectivity index (χ3v) is 3.71. The molecule has 0 aromatic carbocycles. The van der Waals surface area contributed by atoms with Crippen LogP contribution in [0.15, 0.2) is 0 Å². The molecule has 0 amide bonds. The van der Waals surface area contributed by atoms with Gasteiger partial charge in [-0.3, -0.25) is 4.90 Å². The molecule has 0 saturated carbocycles. The van der Waals surface area contributed by atoms with Gasteiger partial charge in [0.25, 0.3) is 0 Å². The van der Waals surface area contributed by atoms with E-state index in [2.05, 4.69) is 17.1 Å². The second-order valence-corrected chi connectivity index (χ2v) is 4.67. The lowest BCUT2D eigenvalue weighted by atomic mass is 10.0. The summed E-state index contributed by atoms with van der Waals surface area (Å²) in [5.74, 6) is 0. The topological polar surface area (TPSA) is 24.5 Å². The molecule has 0 aromatic rings. The molecule has 0 unspecified atom stereocenters. The Morgan fingerprint density at radius 3 is 2.80 bits per heavy atom. The van der Waals surface area contributed by atoms with Crippen LogP contribution in [0.25, 0.3) is 0 Å². The van der Waals surface area contributed by atoms with Gasteiger partial charge < -0.3 is 10.1 Å². The summed E-state index contributed by atoms with van der Waals surface area (Å²) in [6.07, 6.45) is 5.34. The van der Waals surface area contributed by atoms with Gasteiger partial charge in [-0.05, 0) is 52.2 Å². The Balaban J connectivity index is 1.82. The fourth-order valence-electron chi connectivity index (χ4n) is 2.91. The van der Waals surface area contributed by atoms with Crippen LogP contribution < -0.4 is 5.32 Å². The number of hydrogen-bond acceptors (Lipinski definition) is 3. The minimum absolute atomic E-state index is 0.702. The Morgan fingerprint density at radius 2 is 2.07 bits per heavy atom. The van der Waals surface area contributed by atoms with Crippen molar-refractivity contribution in [3.05, 3.63) is 0 Å². The third-order valence-electron chi connectivity index (χ3n) is 3.71. The summed E-state index contributed by atoms with van der Waals surface area (Å²) in [6, 6.07) is 1.52. The van der Waals surface area contributed by atoms with Gasteiger partial charge in [0.2, 0.25) is 0 Å². The SMILES string of the molecule is CCOC[C@H]1CCCN1C1CCNCC1. The highest BCUT2D eigenvalue weighted by molar-refractivity contribution is 4.87. The molecule has 2 rings (SSSR count). The molecule has 0 aliphatic carbocycles. The van der Waals surface area contributed by atoms with Gasteiger partial charge in [-0.15, -0.1) is 0 Å². The minimum atomic E-state index is 0.702. The smallest absolute Gasteiger partial charge is 0.0621 e. The van der Waals surface area contributed by atoms with Gasteiger partial charge in [-0.2, -0.15) is 0 Å². The van der Waals surface area contributed by atoms with Gasteiger partial charge in [0.15, 0.2) is 0 Å². The summed E-state index contributed by atoms with van der Waals surface area (Å²) in [5.41, 5.74) is 0. The van der Waals surface area contributed by atoms with Crippen LogP contribution in [0.5, 0.6) is 0 Å². The van der Waals surface area contributed by atoms with Gasteiger partial charge in [0.1, 0.15) is 0 Å². The molecule has 2 aliphatic rings. The quantitative estimate of drug-likeness (QED) is 0.759. The second kappa shape index (κ2) is 5.83. The van der Waals surface area contributed by atoms with Crippen LogP contribution in [0.3, 0.4) is 0 Å². The van der Waals surface area contributed by atoms with Crippen LogP contribution in [0.4, 0.5) is 0 Å². The molecule has 0 bridgehead atoms. The van der Waals surface area contributed by atoms with Gasteiger partial charge in [0, 0.05) is 18.7 Å². The number of nitrogens with zero attached hydrogens (tertiary/aromatic N) is 1. The lowest BCUT2D eigenvalue weighted by Gasteiger charge is -2.35. The normalized spacial score (nSPS) is 29.8. The number of likely N-dealkylation sites (tertiary alicyclic amines) is 1. The maximum Gasteiger partial charge on any atom is 0.0621 e. The van der Waals surface area contributed by atoms with Gasteiger partial charge in [0.05, 0.1) is 6.61 Å². The van der Waals surface area contributed by atoms with Crippen molar-refractivity contribution in [2.75, 3.05) is 32.8 Å². The largest absolute Gasteiger partial charge is 0.380 e. The fourth-order valence-corrected chi connectivity index (χ4v) is 2.91. The highest BCUT2D eigenvalue weighted by Crippen LogP contribution is 2.24. The van der Waals surface area contributed by atoms with Crippen molar-refractivity contribution in [2.24, 2.45) is 0 Å². The summed E-state index contributed by atoms with van der Waals surface area (Å²) in [7, 11) is 0. The van der Waals surface area contributed by atoms with Gasteiger partial charge in [-0.1, -0.05) is 0 Å². The number of ether oxygens (including phenoxy) is 1. The standard InChI is InChI=1S/C12H24N2O/c1-2-15-10-12-4-3-9-14(12)11-5-7-13-8-6-11/h11-13H,2-10H2,1H3/t12-/m1/s1. The average Bonchev–Trinajstić information content (AvgIpc) is 2.75. The maximum atomic E-state index is 5.58. The van der Waals surface area contributed by atoms with E-state index in [9.17, 15) is 0 Å². The summed E-state index contributed by atoms with van der Waals surface area (Å²) in [6.45, 7) is 7.58. The Labute approximate surface area is 93.2 Å². The molecule has 0 radical (unpaired) electrons. The molecular weight excluding hydrogens is 188 g/mol. The lowest BCUT2D eigenvalue weighted by Crippen LogP contribution is -2.46. The van der Waals surface area contributed by atoms with Crippen molar-refractivity contribution >= 4 is 0 Å². The van der Waals surface area contributed by atoms with E-state index < -0.39 is 0 Å². The minimum Gasteiger partial charge on any atom is -0.380 e. The number of nitrogens with one attached hydrogen (secondary N) is 1. The van der Waals surface area contributed by atoms with Gasteiger partial charge >= 0.3 is 0 Å². The summed E-state index contributed by atoms with van der Waals surface area (Å²) in [5, 5.41) is 3.44. The van der Waals surface area contributed by atoms with E-state index in [0.717, 1.165) is 19.3 Å². The molecule has 2 heterocycles. The molecule has 2 saturated heterocycles.